The number of alkyl halides is 1. The highest BCUT2D eigenvalue weighted by Gasteiger charge is 2.38. The molecule has 0 atom stereocenters. The Morgan fingerprint density at radius 1 is 1.00 bits per heavy atom. The van der Waals surface area contributed by atoms with E-state index in [2.05, 4.69) is 25.7 Å². The van der Waals surface area contributed by atoms with Gasteiger partial charge in [-0.1, -0.05) is 17.7 Å². The fourth-order valence-electron chi connectivity index (χ4n) is 8.44. The Morgan fingerprint density at radius 2 is 1.79 bits per heavy atom. The molecule has 5 heterocycles. The zero-order valence-corrected chi connectivity index (χ0v) is 31.8. The van der Waals surface area contributed by atoms with E-state index in [1.54, 1.807) is 41.4 Å². The van der Waals surface area contributed by atoms with E-state index in [0.29, 0.717) is 61.2 Å². The molecule has 2 aromatic carbocycles. The van der Waals surface area contributed by atoms with Gasteiger partial charge in [0.15, 0.2) is 11.5 Å². The molecule has 292 valence electrons. The molecule has 3 saturated heterocycles. The lowest BCUT2D eigenvalue weighted by molar-refractivity contribution is -0.120. The molecule has 0 radical (unpaired) electrons. The third-order valence-corrected chi connectivity index (χ3v) is 11.9. The fourth-order valence-corrected chi connectivity index (χ4v) is 8.66. The van der Waals surface area contributed by atoms with Gasteiger partial charge in [0.05, 0.1) is 40.1 Å². The first-order chi connectivity index (χ1) is 27.1. The molecule has 4 aromatic rings. The van der Waals surface area contributed by atoms with Crippen LogP contribution in [0.5, 0.6) is 5.75 Å². The van der Waals surface area contributed by atoms with Gasteiger partial charge in [0, 0.05) is 76.0 Å². The number of likely N-dealkylation sites (tertiary alicyclic amines) is 1. The van der Waals surface area contributed by atoms with Crippen LogP contribution in [-0.4, -0.2) is 99.8 Å². The number of halogens is 2. The number of ether oxygens (including phenoxy) is 1. The highest BCUT2D eigenvalue weighted by Crippen LogP contribution is 2.35. The maximum atomic E-state index is 16.2. The predicted molar refractivity (Wildman–Crippen MR) is 208 cm³/mol. The van der Waals surface area contributed by atoms with Crippen molar-refractivity contribution >= 4 is 51.9 Å². The molecular formula is C40H44ClFN10O4. The van der Waals surface area contributed by atoms with Gasteiger partial charge in [0.2, 0.25) is 5.91 Å². The largest absolute Gasteiger partial charge is 0.490 e. The van der Waals surface area contributed by atoms with Crippen LogP contribution in [0.1, 0.15) is 79.9 Å². The van der Waals surface area contributed by atoms with E-state index in [0.717, 1.165) is 68.2 Å². The summed E-state index contributed by atoms with van der Waals surface area (Å²) in [5.41, 5.74) is 1.02. The van der Waals surface area contributed by atoms with Crippen LogP contribution in [0.25, 0.3) is 10.9 Å². The van der Waals surface area contributed by atoms with Crippen LogP contribution in [0, 0.1) is 11.3 Å². The minimum Gasteiger partial charge on any atom is -0.490 e. The number of nitrogens with one attached hydrogen (secondary N) is 2. The summed E-state index contributed by atoms with van der Waals surface area (Å²) in [6.45, 7) is 3.25. The van der Waals surface area contributed by atoms with Crippen molar-refractivity contribution in [3.05, 3.63) is 71.0 Å². The van der Waals surface area contributed by atoms with Crippen molar-refractivity contribution in [1.29, 1.82) is 5.26 Å². The van der Waals surface area contributed by atoms with Crippen LogP contribution in [0.15, 0.2) is 54.7 Å². The lowest BCUT2D eigenvalue weighted by Gasteiger charge is -2.41. The quantitative estimate of drug-likeness (QED) is 0.220. The number of hydrogen-bond donors (Lipinski definition) is 2. The number of fused-ring (bicyclic) bond motifs is 1. The van der Waals surface area contributed by atoms with Crippen molar-refractivity contribution in [3.63, 3.8) is 0 Å². The number of benzene rings is 2. The summed E-state index contributed by atoms with van der Waals surface area (Å²) in [6, 6.07) is 16.1. The molecule has 1 aliphatic carbocycles. The molecule has 4 fully saturated rings. The monoisotopic (exact) mass is 782 g/mol. The third-order valence-electron chi connectivity index (χ3n) is 11.6. The SMILES string of the molecule is N#Cc1ccc(O[C@H]2CC[C@H](NC(=O)c3ccc(N4CCC(F)(CN5CCC(n6ncc7c(N8CCC(=O)NC8=O)cccc76)CC5)CC4)nn3)CC2)cc1Cl. The minimum atomic E-state index is -1.31. The summed E-state index contributed by atoms with van der Waals surface area (Å²) < 4.78 is 24.3. The van der Waals surface area contributed by atoms with Crippen molar-refractivity contribution in [2.45, 2.75) is 81.6 Å². The normalized spacial score (nSPS) is 22.1. The molecule has 0 spiro atoms. The highest BCUT2D eigenvalue weighted by molar-refractivity contribution is 6.31. The lowest BCUT2D eigenvalue weighted by Crippen LogP contribution is -2.50. The fraction of sp³-hybridized carbons (Fsp3) is 0.475. The topological polar surface area (TPSA) is 162 Å². The van der Waals surface area contributed by atoms with E-state index in [4.69, 9.17) is 26.7 Å². The Balaban J connectivity index is 0.777. The molecule has 2 N–H and O–H groups in total. The van der Waals surface area contributed by atoms with E-state index in [9.17, 15) is 14.4 Å². The number of carbonyl (C=O) groups excluding carboxylic acids is 3. The van der Waals surface area contributed by atoms with Crippen molar-refractivity contribution < 1.29 is 23.5 Å². The Kier molecular flexibility index (Phi) is 10.8. The van der Waals surface area contributed by atoms with Crippen molar-refractivity contribution in [2.75, 3.05) is 49.1 Å². The first-order valence-electron chi connectivity index (χ1n) is 19.4. The maximum Gasteiger partial charge on any atom is 0.328 e. The van der Waals surface area contributed by atoms with Gasteiger partial charge in [0.1, 0.15) is 17.5 Å². The van der Waals surface area contributed by atoms with E-state index in [1.165, 1.54) is 0 Å². The van der Waals surface area contributed by atoms with Gasteiger partial charge in [-0.2, -0.15) is 10.4 Å². The molecule has 14 nitrogen and oxygen atoms in total. The van der Waals surface area contributed by atoms with Gasteiger partial charge < -0.3 is 19.9 Å². The van der Waals surface area contributed by atoms with E-state index < -0.39 is 11.7 Å². The molecule has 2 aromatic heterocycles. The summed E-state index contributed by atoms with van der Waals surface area (Å²) in [4.78, 5) is 43.0. The van der Waals surface area contributed by atoms with E-state index in [1.807, 2.05) is 33.9 Å². The number of rotatable bonds is 9. The first kappa shape index (κ1) is 37.6. The summed E-state index contributed by atoms with van der Waals surface area (Å²) in [7, 11) is 0. The molecule has 4 amide bonds. The maximum absolute atomic E-state index is 16.2. The van der Waals surface area contributed by atoms with Crippen LogP contribution in [-0.2, 0) is 4.79 Å². The Labute approximate surface area is 328 Å². The predicted octanol–water partition coefficient (Wildman–Crippen LogP) is 5.56. The van der Waals surface area contributed by atoms with Crippen molar-refractivity contribution in [2.24, 2.45) is 0 Å². The molecule has 16 heteroatoms. The Hall–Kier alpha value is -5.33. The van der Waals surface area contributed by atoms with Crippen LogP contribution in [0.3, 0.4) is 0 Å². The lowest BCUT2D eigenvalue weighted by atomic mass is 9.91. The zero-order chi connectivity index (χ0) is 38.8. The minimum absolute atomic E-state index is 0.00262. The molecule has 3 aliphatic heterocycles. The average Bonchev–Trinajstić information content (AvgIpc) is 3.64. The smallest absolute Gasteiger partial charge is 0.328 e. The third kappa shape index (κ3) is 8.13. The number of aromatic nitrogens is 4. The van der Waals surface area contributed by atoms with Crippen molar-refractivity contribution in [3.8, 4) is 11.8 Å². The standard InChI is InChI=1S/C40H44ClFN10O4/c41-32-22-30(7-4-26(32)23-43)56-29-8-5-27(6-9-29)45-38(54)33-10-11-36(48-47-33)50-20-15-40(42,16-21-50)25-49-17-12-28(13-18-49)52-35-3-1-2-34(31(35)24-44-52)51-19-14-37(53)46-39(51)55/h1-4,7,10-11,22,24,27-29H,5-6,8-9,12-21,25H2,(H,45,54)(H,46,53,55)/t27-,29-. The van der Waals surface area contributed by atoms with Gasteiger partial charge in [-0.3, -0.25) is 24.5 Å². The van der Waals surface area contributed by atoms with Crippen LogP contribution >= 0.6 is 11.6 Å². The molecule has 1 saturated carbocycles. The number of imide groups is 1. The summed E-state index contributed by atoms with van der Waals surface area (Å²) in [5, 5.41) is 29.1. The van der Waals surface area contributed by atoms with Crippen LogP contribution in [0.2, 0.25) is 5.02 Å². The second-order valence-electron chi connectivity index (χ2n) is 15.3. The Morgan fingerprint density at radius 3 is 2.48 bits per heavy atom. The number of amides is 4. The number of nitrogens with zero attached hydrogens (tertiary/aromatic N) is 8. The van der Waals surface area contributed by atoms with Gasteiger partial charge in [-0.25, -0.2) is 9.18 Å². The number of urea groups is 1. The van der Waals surface area contributed by atoms with Crippen LogP contribution in [0.4, 0.5) is 20.7 Å². The zero-order valence-electron chi connectivity index (χ0n) is 31.0. The molecule has 0 bridgehead atoms. The molecule has 4 aliphatic rings. The van der Waals surface area contributed by atoms with Gasteiger partial charge >= 0.3 is 6.03 Å². The van der Waals surface area contributed by atoms with Crippen LogP contribution < -0.4 is 25.2 Å². The second kappa shape index (κ2) is 16.0. The van der Waals surface area contributed by atoms with Gasteiger partial charge in [-0.15, -0.1) is 10.2 Å². The summed E-state index contributed by atoms with van der Waals surface area (Å²) in [6.07, 6.45) is 7.55. The Bertz CT molecular complexity index is 2130. The summed E-state index contributed by atoms with van der Waals surface area (Å²) >= 11 is 6.14. The molecule has 56 heavy (non-hydrogen) atoms. The number of anilines is 2. The number of piperidine rings is 2. The highest BCUT2D eigenvalue weighted by atomic mass is 35.5. The first-order valence-corrected chi connectivity index (χ1v) is 19.8. The molecule has 8 rings (SSSR count). The van der Waals surface area contributed by atoms with E-state index >= 15 is 4.39 Å². The second-order valence-corrected chi connectivity index (χ2v) is 15.7. The number of carbonyl (C=O) groups is 3. The molecule has 0 unspecified atom stereocenters. The number of hydrogen-bond acceptors (Lipinski definition) is 10. The molecular weight excluding hydrogens is 739 g/mol. The van der Waals surface area contributed by atoms with Crippen molar-refractivity contribution in [1.82, 2.24) is 35.5 Å². The van der Waals surface area contributed by atoms with Gasteiger partial charge in [0.25, 0.3) is 5.91 Å². The van der Waals surface area contributed by atoms with E-state index in [-0.39, 0.29) is 42.1 Å². The average molecular weight is 783 g/mol. The number of nitriles is 1. The summed E-state index contributed by atoms with van der Waals surface area (Å²) in [5.74, 6) is 0.725. The van der Waals surface area contributed by atoms with Gasteiger partial charge in [-0.05, 0) is 74.9 Å².